The second-order valence-corrected chi connectivity index (χ2v) is 6.40. The summed E-state index contributed by atoms with van der Waals surface area (Å²) in [6.07, 6.45) is 3.56. The molecule has 1 amide bonds. The number of carboxylic acid groups (broad SMARTS) is 1. The topological polar surface area (TPSA) is 57.6 Å². The van der Waals surface area contributed by atoms with Crippen LogP contribution in [0.5, 0.6) is 0 Å². The highest BCUT2D eigenvalue weighted by molar-refractivity contribution is 7.17. The SMILES string of the molecule is O=C(O)CC[C@@H]1CCCCN1C(=O)c1ccc(Cl)s1. The zero-order valence-electron chi connectivity index (χ0n) is 10.5. The largest absolute Gasteiger partial charge is 0.481 e. The predicted octanol–water partition coefficient (Wildman–Crippen LogP) is 3.26. The quantitative estimate of drug-likeness (QED) is 0.928. The molecule has 0 aromatic carbocycles. The zero-order valence-corrected chi connectivity index (χ0v) is 12.0. The lowest BCUT2D eigenvalue weighted by Crippen LogP contribution is -2.43. The summed E-state index contributed by atoms with van der Waals surface area (Å²) in [4.78, 5) is 25.5. The van der Waals surface area contributed by atoms with Crippen molar-refractivity contribution in [1.82, 2.24) is 4.90 Å². The first-order chi connectivity index (χ1) is 9.08. The lowest BCUT2D eigenvalue weighted by molar-refractivity contribution is -0.137. The van der Waals surface area contributed by atoms with Crippen molar-refractivity contribution in [3.63, 3.8) is 0 Å². The van der Waals surface area contributed by atoms with Gasteiger partial charge in [-0.1, -0.05) is 11.6 Å². The van der Waals surface area contributed by atoms with Crippen molar-refractivity contribution in [3.8, 4) is 0 Å². The Morgan fingerprint density at radius 1 is 1.42 bits per heavy atom. The van der Waals surface area contributed by atoms with Gasteiger partial charge in [0, 0.05) is 19.0 Å². The van der Waals surface area contributed by atoms with Gasteiger partial charge in [-0.05, 0) is 37.8 Å². The van der Waals surface area contributed by atoms with Crippen LogP contribution >= 0.6 is 22.9 Å². The molecule has 1 aromatic heterocycles. The summed E-state index contributed by atoms with van der Waals surface area (Å²) in [5.41, 5.74) is 0. The van der Waals surface area contributed by atoms with E-state index in [4.69, 9.17) is 16.7 Å². The Hall–Kier alpha value is -1.07. The second kappa shape index (κ2) is 6.39. The number of likely N-dealkylation sites (tertiary alicyclic amines) is 1. The number of hydrogen-bond acceptors (Lipinski definition) is 3. The van der Waals surface area contributed by atoms with Crippen molar-refractivity contribution in [3.05, 3.63) is 21.3 Å². The first-order valence-electron chi connectivity index (χ1n) is 6.36. The molecular weight excluding hydrogens is 286 g/mol. The summed E-state index contributed by atoms with van der Waals surface area (Å²) in [7, 11) is 0. The lowest BCUT2D eigenvalue weighted by atomic mass is 9.97. The van der Waals surface area contributed by atoms with Gasteiger partial charge in [-0.25, -0.2) is 0 Å². The van der Waals surface area contributed by atoms with E-state index in [1.54, 1.807) is 12.1 Å². The maximum atomic E-state index is 12.4. The minimum Gasteiger partial charge on any atom is -0.481 e. The summed E-state index contributed by atoms with van der Waals surface area (Å²) in [6, 6.07) is 3.49. The summed E-state index contributed by atoms with van der Waals surface area (Å²) in [5, 5.41) is 8.77. The van der Waals surface area contributed by atoms with Gasteiger partial charge in [0.25, 0.3) is 5.91 Å². The minimum atomic E-state index is -0.808. The van der Waals surface area contributed by atoms with Crippen LogP contribution in [0.3, 0.4) is 0 Å². The first-order valence-corrected chi connectivity index (χ1v) is 7.55. The van der Waals surface area contributed by atoms with Crippen molar-refractivity contribution in [2.24, 2.45) is 0 Å². The molecule has 6 heteroatoms. The molecule has 1 aliphatic heterocycles. The smallest absolute Gasteiger partial charge is 0.303 e. The Labute approximate surface area is 121 Å². The van der Waals surface area contributed by atoms with Gasteiger partial charge in [0.1, 0.15) is 0 Å². The van der Waals surface area contributed by atoms with Crippen LogP contribution in [0, 0.1) is 0 Å². The molecule has 0 bridgehead atoms. The molecule has 4 nitrogen and oxygen atoms in total. The third-order valence-electron chi connectivity index (χ3n) is 3.36. The van der Waals surface area contributed by atoms with Crippen LogP contribution in [0.2, 0.25) is 4.34 Å². The van der Waals surface area contributed by atoms with Gasteiger partial charge in [-0.15, -0.1) is 11.3 Å². The normalized spacial score (nSPS) is 19.4. The van der Waals surface area contributed by atoms with E-state index < -0.39 is 5.97 Å². The molecule has 1 saturated heterocycles. The minimum absolute atomic E-state index is 0.0213. The van der Waals surface area contributed by atoms with Crippen LogP contribution in [0.1, 0.15) is 41.8 Å². The highest BCUT2D eigenvalue weighted by Gasteiger charge is 2.28. The van der Waals surface area contributed by atoms with Crippen molar-refractivity contribution in [2.75, 3.05) is 6.54 Å². The van der Waals surface area contributed by atoms with E-state index in [9.17, 15) is 9.59 Å². The predicted molar refractivity (Wildman–Crippen MR) is 74.9 cm³/mol. The van der Waals surface area contributed by atoms with Crippen molar-refractivity contribution >= 4 is 34.8 Å². The van der Waals surface area contributed by atoms with E-state index in [1.165, 1.54) is 11.3 Å². The lowest BCUT2D eigenvalue weighted by Gasteiger charge is -2.35. The number of nitrogens with zero attached hydrogens (tertiary/aromatic N) is 1. The van der Waals surface area contributed by atoms with Crippen LogP contribution in [0.15, 0.2) is 12.1 Å². The van der Waals surface area contributed by atoms with Crippen LogP contribution in [0.4, 0.5) is 0 Å². The van der Waals surface area contributed by atoms with Crippen LogP contribution < -0.4 is 0 Å². The Balaban J connectivity index is 2.06. The Morgan fingerprint density at radius 3 is 2.84 bits per heavy atom. The molecule has 0 unspecified atom stereocenters. The Morgan fingerprint density at radius 2 is 2.21 bits per heavy atom. The van der Waals surface area contributed by atoms with Gasteiger partial charge >= 0.3 is 5.97 Å². The van der Waals surface area contributed by atoms with Gasteiger partial charge in [0.2, 0.25) is 0 Å². The Kier molecular flexibility index (Phi) is 4.82. The fourth-order valence-corrected chi connectivity index (χ4v) is 3.43. The fourth-order valence-electron chi connectivity index (χ4n) is 2.43. The van der Waals surface area contributed by atoms with Gasteiger partial charge in [-0.2, -0.15) is 0 Å². The number of carbonyl (C=O) groups excluding carboxylic acids is 1. The molecule has 1 fully saturated rings. The molecule has 1 N–H and O–H groups in total. The molecule has 2 heterocycles. The average Bonchev–Trinajstić information content (AvgIpc) is 2.82. The second-order valence-electron chi connectivity index (χ2n) is 4.68. The van der Waals surface area contributed by atoms with Gasteiger partial charge in [0.15, 0.2) is 0 Å². The standard InChI is InChI=1S/C13H16ClNO3S/c14-11-6-5-10(19-11)13(18)15-8-2-1-3-9(15)4-7-12(16)17/h5-6,9H,1-4,7-8H2,(H,16,17)/t9-/m0/s1. The van der Waals surface area contributed by atoms with Crippen LogP contribution in [0.25, 0.3) is 0 Å². The van der Waals surface area contributed by atoms with Crippen molar-refractivity contribution in [1.29, 1.82) is 0 Å². The summed E-state index contributed by atoms with van der Waals surface area (Å²) < 4.78 is 0.599. The van der Waals surface area contributed by atoms with E-state index in [1.807, 2.05) is 4.90 Å². The molecular formula is C13H16ClNO3S. The third kappa shape index (κ3) is 3.70. The number of hydrogen-bond donors (Lipinski definition) is 1. The van der Waals surface area contributed by atoms with E-state index in [2.05, 4.69) is 0 Å². The highest BCUT2D eigenvalue weighted by Crippen LogP contribution is 2.27. The maximum absolute atomic E-state index is 12.4. The van der Waals surface area contributed by atoms with Gasteiger partial charge < -0.3 is 10.0 Å². The molecule has 0 saturated carbocycles. The Bertz CT molecular complexity index is 474. The number of aliphatic carboxylic acids is 1. The molecule has 1 aliphatic rings. The number of amides is 1. The van der Waals surface area contributed by atoms with Crippen molar-refractivity contribution in [2.45, 2.75) is 38.1 Å². The molecule has 104 valence electrons. The number of rotatable bonds is 4. The summed E-state index contributed by atoms with van der Waals surface area (Å²) >= 11 is 7.13. The first kappa shape index (κ1) is 14.3. The monoisotopic (exact) mass is 301 g/mol. The number of thiophene rings is 1. The number of halogens is 1. The molecule has 0 aliphatic carbocycles. The average molecular weight is 302 g/mol. The van der Waals surface area contributed by atoms with E-state index in [-0.39, 0.29) is 18.4 Å². The maximum Gasteiger partial charge on any atom is 0.303 e. The van der Waals surface area contributed by atoms with E-state index >= 15 is 0 Å². The van der Waals surface area contributed by atoms with E-state index in [0.29, 0.717) is 22.2 Å². The number of carboxylic acids is 1. The third-order valence-corrected chi connectivity index (χ3v) is 4.58. The zero-order chi connectivity index (χ0) is 13.8. The van der Waals surface area contributed by atoms with Gasteiger partial charge in [-0.3, -0.25) is 9.59 Å². The van der Waals surface area contributed by atoms with Crippen molar-refractivity contribution < 1.29 is 14.7 Å². The molecule has 19 heavy (non-hydrogen) atoms. The molecule has 1 atom stereocenters. The molecule has 0 radical (unpaired) electrons. The summed E-state index contributed by atoms with van der Waals surface area (Å²) in [6.45, 7) is 0.707. The fraction of sp³-hybridized carbons (Fsp3) is 0.538. The number of carbonyl (C=O) groups is 2. The van der Waals surface area contributed by atoms with E-state index in [0.717, 1.165) is 19.3 Å². The highest BCUT2D eigenvalue weighted by atomic mass is 35.5. The summed E-state index contributed by atoms with van der Waals surface area (Å²) in [5.74, 6) is -0.830. The van der Waals surface area contributed by atoms with Crippen LogP contribution in [-0.2, 0) is 4.79 Å². The van der Waals surface area contributed by atoms with Crippen LogP contribution in [-0.4, -0.2) is 34.5 Å². The molecule has 0 spiro atoms. The molecule has 1 aromatic rings. The van der Waals surface area contributed by atoms with Gasteiger partial charge in [0.05, 0.1) is 9.21 Å². The molecule has 2 rings (SSSR count). The number of piperidine rings is 1.